The molecule has 5 nitrogen and oxygen atoms in total. The minimum absolute atomic E-state index is 0.394. The number of carboxylic acid groups (broad SMARTS) is 1. The molecule has 5 heteroatoms. The maximum absolute atomic E-state index is 11.4. The van der Waals surface area contributed by atoms with Gasteiger partial charge in [-0.05, 0) is 13.8 Å². The summed E-state index contributed by atoms with van der Waals surface area (Å²) in [7, 11) is 0. The molecule has 1 aliphatic rings. The number of hydrogen-bond donors (Lipinski definition) is 2. The van der Waals surface area contributed by atoms with Gasteiger partial charge >= 0.3 is 5.97 Å². The molecule has 14 heavy (non-hydrogen) atoms. The molecule has 0 aromatic carbocycles. The summed E-state index contributed by atoms with van der Waals surface area (Å²) in [4.78, 5) is 33.4. The van der Waals surface area contributed by atoms with E-state index in [4.69, 9.17) is 5.11 Å². The van der Waals surface area contributed by atoms with E-state index in [1.54, 1.807) is 6.92 Å². The standard InChI is InChI=1S/C9H13NO4/c1-4-5(7(12)10-6(4)11)9(2,3)8(13)14/h4-5H,1-3H3,(H,13,14)(H,10,11,12). The Morgan fingerprint density at radius 3 is 2.14 bits per heavy atom. The van der Waals surface area contributed by atoms with Crippen molar-refractivity contribution in [3.8, 4) is 0 Å². The third kappa shape index (κ3) is 1.38. The van der Waals surface area contributed by atoms with Crippen LogP contribution in [0.25, 0.3) is 0 Å². The van der Waals surface area contributed by atoms with Gasteiger partial charge in [0.25, 0.3) is 0 Å². The summed E-state index contributed by atoms with van der Waals surface area (Å²) in [6, 6.07) is 0. The van der Waals surface area contributed by atoms with Crippen LogP contribution in [0.2, 0.25) is 0 Å². The molecule has 1 saturated heterocycles. The summed E-state index contributed by atoms with van der Waals surface area (Å²) in [5.74, 6) is -3.32. The highest BCUT2D eigenvalue weighted by Gasteiger charge is 2.51. The molecule has 1 fully saturated rings. The van der Waals surface area contributed by atoms with Crippen molar-refractivity contribution in [1.82, 2.24) is 5.32 Å². The van der Waals surface area contributed by atoms with E-state index in [-0.39, 0.29) is 0 Å². The van der Waals surface area contributed by atoms with Crippen molar-refractivity contribution < 1.29 is 19.5 Å². The van der Waals surface area contributed by atoms with E-state index in [1.807, 2.05) is 0 Å². The Balaban J connectivity index is 3.04. The maximum Gasteiger partial charge on any atom is 0.309 e. The fourth-order valence-electron chi connectivity index (χ4n) is 1.78. The van der Waals surface area contributed by atoms with Gasteiger partial charge in [-0.3, -0.25) is 19.7 Å². The van der Waals surface area contributed by atoms with E-state index in [0.717, 1.165) is 0 Å². The first kappa shape index (κ1) is 10.7. The predicted molar refractivity (Wildman–Crippen MR) is 47.2 cm³/mol. The SMILES string of the molecule is CC1C(=O)NC(=O)C1C(C)(C)C(=O)O. The summed E-state index contributed by atoms with van der Waals surface area (Å²) in [6.45, 7) is 4.47. The monoisotopic (exact) mass is 199 g/mol. The first-order valence-corrected chi connectivity index (χ1v) is 4.36. The van der Waals surface area contributed by atoms with Crippen molar-refractivity contribution in [2.24, 2.45) is 17.3 Å². The lowest BCUT2D eigenvalue weighted by atomic mass is 9.73. The zero-order chi connectivity index (χ0) is 11.1. The number of rotatable bonds is 2. The minimum Gasteiger partial charge on any atom is -0.481 e. The number of carbonyl (C=O) groups excluding carboxylic acids is 2. The zero-order valence-electron chi connectivity index (χ0n) is 8.33. The molecule has 0 saturated carbocycles. The van der Waals surface area contributed by atoms with Gasteiger partial charge in [-0.1, -0.05) is 6.92 Å². The number of carboxylic acids is 1. The van der Waals surface area contributed by atoms with Crippen LogP contribution >= 0.6 is 0 Å². The molecule has 1 rings (SSSR count). The lowest BCUT2D eigenvalue weighted by Crippen LogP contribution is -2.39. The van der Waals surface area contributed by atoms with Gasteiger partial charge in [0.2, 0.25) is 11.8 Å². The van der Waals surface area contributed by atoms with Crippen molar-refractivity contribution >= 4 is 17.8 Å². The number of carbonyl (C=O) groups is 3. The van der Waals surface area contributed by atoms with E-state index < -0.39 is 35.0 Å². The molecule has 0 aromatic heterocycles. The van der Waals surface area contributed by atoms with Gasteiger partial charge in [0.15, 0.2) is 0 Å². The molecule has 78 valence electrons. The fourth-order valence-corrected chi connectivity index (χ4v) is 1.78. The van der Waals surface area contributed by atoms with Gasteiger partial charge in [-0.15, -0.1) is 0 Å². The summed E-state index contributed by atoms with van der Waals surface area (Å²) in [5, 5.41) is 11.1. The molecule has 2 N–H and O–H groups in total. The number of imide groups is 1. The molecule has 0 aliphatic carbocycles. The topological polar surface area (TPSA) is 83.5 Å². The Morgan fingerprint density at radius 1 is 1.36 bits per heavy atom. The average molecular weight is 199 g/mol. The van der Waals surface area contributed by atoms with Gasteiger partial charge in [0, 0.05) is 5.92 Å². The smallest absolute Gasteiger partial charge is 0.309 e. The molecule has 0 radical (unpaired) electrons. The Hall–Kier alpha value is -1.39. The minimum atomic E-state index is -1.21. The van der Waals surface area contributed by atoms with Gasteiger partial charge in [-0.2, -0.15) is 0 Å². The molecular weight excluding hydrogens is 186 g/mol. The van der Waals surface area contributed by atoms with E-state index in [0.29, 0.717) is 0 Å². The number of hydrogen-bond acceptors (Lipinski definition) is 3. The maximum atomic E-state index is 11.4. The van der Waals surface area contributed by atoms with Crippen LogP contribution in [0.4, 0.5) is 0 Å². The van der Waals surface area contributed by atoms with Gasteiger partial charge in [-0.25, -0.2) is 0 Å². The van der Waals surface area contributed by atoms with Crippen LogP contribution in [0.15, 0.2) is 0 Å². The quantitative estimate of drug-likeness (QED) is 0.613. The molecule has 2 unspecified atom stereocenters. The van der Waals surface area contributed by atoms with Crippen LogP contribution in [-0.2, 0) is 14.4 Å². The molecular formula is C9H13NO4. The van der Waals surface area contributed by atoms with Crippen LogP contribution in [0.3, 0.4) is 0 Å². The van der Waals surface area contributed by atoms with Crippen LogP contribution in [0, 0.1) is 17.3 Å². The van der Waals surface area contributed by atoms with Crippen molar-refractivity contribution in [3.05, 3.63) is 0 Å². The fraction of sp³-hybridized carbons (Fsp3) is 0.667. The molecule has 2 amide bonds. The highest BCUT2D eigenvalue weighted by molar-refractivity contribution is 6.06. The summed E-state index contributed by atoms with van der Waals surface area (Å²) in [6.07, 6.45) is 0. The average Bonchev–Trinajstić information content (AvgIpc) is 2.26. The third-order valence-corrected chi connectivity index (χ3v) is 2.77. The van der Waals surface area contributed by atoms with Crippen LogP contribution in [-0.4, -0.2) is 22.9 Å². The third-order valence-electron chi connectivity index (χ3n) is 2.77. The van der Waals surface area contributed by atoms with E-state index >= 15 is 0 Å². The number of aliphatic carboxylic acids is 1. The van der Waals surface area contributed by atoms with Crippen molar-refractivity contribution in [1.29, 1.82) is 0 Å². The van der Waals surface area contributed by atoms with Crippen molar-refractivity contribution in [2.75, 3.05) is 0 Å². The van der Waals surface area contributed by atoms with E-state index in [2.05, 4.69) is 5.32 Å². The number of nitrogens with one attached hydrogen (secondary N) is 1. The van der Waals surface area contributed by atoms with E-state index in [1.165, 1.54) is 13.8 Å². The van der Waals surface area contributed by atoms with Crippen LogP contribution in [0.5, 0.6) is 0 Å². The van der Waals surface area contributed by atoms with Crippen molar-refractivity contribution in [3.63, 3.8) is 0 Å². The second-order valence-electron chi connectivity index (χ2n) is 4.15. The van der Waals surface area contributed by atoms with Gasteiger partial charge < -0.3 is 5.11 Å². The predicted octanol–water partition coefficient (Wildman–Crippen LogP) is 0.00590. The lowest BCUT2D eigenvalue weighted by molar-refractivity contribution is -0.154. The largest absolute Gasteiger partial charge is 0.481 e. The number of amides is 2. The zero-order valence-corrected chi connectivity index (χ0v) is 8.33. The molecule has 1 heterocycles. The second kappa shape index (κ2) is 3.08. The Kier molecular flexibility index (Phi) is 2.35. The summed E-state index contributed by atoms with van der Waals surface area (Å²) < 4.78 is 0. The van der Waals surface area contributed by atoms with E-state index in [9.17, 15) is 14.4 Å². The Bertz CT molecular complexity index is 308. The molecule has 2 atom stereocenters. The normalized spacial score (nSPS) is 27.6. The van der Waals surface area contributed by atoms with Crippen LogP contribution < -0.4 is 5.32 Å². The Morgan fingerprint density at radius 2 is 1.86 bits per heavy atom. The molecule has 0 spiro atoms. The first-order chi connectivity index (χ1) is 6.28. The highest BCUT2D eigenvalue weighted by Crippen LogP contribution is 2.36. The summed E-state index contributed by atoms with van der Waals surface area (Å²) in [5.41, 5.74) is -1.21. The Labute approximate surface area is 81.5 Å². The van der Waals surface area contributed by atoms with Gasteiger partial charge in [0.05, 0.1) is 11.3 Å². The highest BCUT2D eigenvalue weighted by atomic mass is 16.4. The summed E-state index contributed by atoms with van der Waals surface area (Å²) >= 11 is 0. The first-order valence-electron chi connectivity index (χ1n) is 4.36. The molecule has 0 bridgehead atoms. The van der Waals surface area contributed by atoms with Crippen molar-refractivity contribution in [2.45, 2.75) is 20.8 Å². The molecule has 0 aromatic rings. The van der Waals surface area contributed by atoms with Gasteiger partial charge in [0.1, 0.15) is 0 Å². The second-order valence-corrected chi connectivity index (χ2v) is 4.15. The lowest BCUT2D eigenvalue weighted by Gasteiger charge is -2.26. The van der Waals surface area contributed by atoms with Crippen LogP contribution in [0.1, 0.15) is 20.8 Å². The molecule has 1 aliphatic heterocycles.